The summed E-state index contributed by atoms with van der Waals surface area (Å²) in [6.07, 6.45) is 9.05. The van der Waals surface area contributed by atoms with Gasteiger partial charge in [0.05, 0.1) is 29.4 Å². The molecule has 1 saturated heterocycles. The van der Waals surface area contributed by atoms with Crippen LogP contribution >= 0.6 is 34.8 Å². The van der Waals surface area contributed by atoms with Gasteiger partial charge in [-0.25, -0.2) is 9.97 Å². The van der Waals surface area contributed by atoms with Crippen molar-refractivity contribution in [2.45, 2.75) is 51.1 Å². The highest BCUT2D eigenvalue weighted by Crippen LogP contribution is 2.42. The molecule has 54 heavy (non-hydrogen) atoms. The molecule has 0 bridgehead atoms. The Morgan fingerprint density at radius 2 is 1.74 bits per heavy atom. The number of aromatic nitrogens is 4. The van der Waals surface area contributed by atoms with Gasteiger partial charge >= 0.3 is 0 Å². The molecule has 278 valence electrons. The first-order chi connectivity index (χ1) is 26.2. The van der Waals surface area contributed by atoms with E-state index in [1.54, 1.807) is 18.6 Å². The maximum absolute atomic E-state index is 14.7. The summed E-state index contributed by atoms with van der Waals surface area (Å²) in [5.41, 5.74) is 5.64. The Bertz CT molecular complexity index is 2260. The molecule has 9 nitrogen and oxygen atoms in total. The summed E-state index contributed by atoms with van der Waals surface area (Å²) in [5, 5.41) is 5.67. The van der Waals surface area contributed by atoms with Crippen LogP contribution in [-0.4, -0.2) is 69.3 Å². The van der Waals surface area contributed by atoms with Gasteiger partial charge in [0, 0.05) is 68.8 Å². The maximum atomic E-state index is 14.7. The number of imidazole rings is 1. The van der Waals surface area contributed by atoms with Gasteiger partial charge in [0.2, 0.25) is 0 Å². The lowest BCUT2D eigenvalue weighted by Crippen LogP contribution is -2.44. The summed E-state index contributed by atoms with van der Waals surface area (Å²) in [6, 6.07) is 24.9. The molecule has 0 spiro atoms. The quantitative estimate of drug-likeness (QED) is 0.0894. The van der Waals surface area contributed by atoms with E-state index in [-0.39, 0.29) is 11.9 Å². The number of piperidine rings is 1. The van der Waals surface area contributed by atoms with Crippen molar-refractivity contribution in [3.63, 3.8) is 0 Å². The van der Waals surface area contributed by atoms with Gasteiger partial charge in [-0.05, 0) is 88.2 Å². The second-order valence-corrected chi connectivity index (χ2v) is 15.1. The molecule has 1 amide bonds. The first-order valence-electron chi connectivity index (χ1n) is 18.3. The number of nitrogens with one attached hydrogen (secondary N) is 2. The largest absolute Gasteiger partial charge is 0.355 e. The first-order valence-corrected chi connectivity index (χ1v) is 19.4. The molecule has 1 atom stereocenters. The van der Waals surface area contributed by atoms with Crippen molar-refractivity contribution >= 4 is 69.4 Å². The van der Waals surface area contributed by atoms with Gasteiger partial charge in [-0.15, -0.1) is 0 Å². The summed E-state index contributed by atoms with van der Waals surface area (Å²) in [4.78, 5) is 43.2. The van der Waals surface area contributed by atoms with E-state index in [1.807, 2.05) is 72.8 Å². The van der Waals surface area contributed by atoms with E-state index < -0.39 is 0 Å². The number of H-pyrrole nitrogens is 1. The molecule has 1 aliphatic rings. The Morgan fingerprint density at radius 3 is 2.50 bits per heavy atom. The van der Waals surface area contributed by atoms with Crippen LogP contribution in [0.3, 0.4) is 0 Å². The third kappa shape index (κ3) is 7.91. The maximum Gasteiger partial charge on any atom is 0.272 e. The van der Waals surface area contributed by atoms with Crippen LogP contribution in [0.25, 0.3) is 33.4 Å². The molecule has 0 aliphatic carbocycles. The standard InChI is InChI=1S/C42H42Cl3N7O2/c1-27(32-15-13-29(43)24-34(32)45)52-26-47-38(28-10-5-3-6-11-28)40(52)37-33-16-14-30(44)25-36(33)48-39(37)42(54)49-35-12-9-19-46-41(35)51-21-17-31(18-22-51)50(2)20-7-4-8-23-53/h3,5-6,9-16,19,23-27,31,48H,4,7-8,17-18,20-22H2,1-2H3,(H,49,54). The van der Waals surface area contributed by atoms with Crippen molar-refractivity contribution in [3.05, 3.63) is 118 Å². The van der Waals surface area contributed by atoms with Gasteiger partial charge in [-0.3, -0.25) is 4.79 Å². The van der Waals surface area contributed by atoms with Crippen molar-refractivity contribution in [3.8, 4) is 22.5 Å². The molecule has 0 saturated carbocycles. The van der Waals surface area contributed by atoms with Crippen molar-refractivity contribution < 1.29 is 9.59 Å². The number of hydrogen-bond donors (Lipinski definition) is 2. The fourth-order valence-corrected chi connectivity index (χ4v) is 8.25. The van der Waals surface area contributed by atoms with Crippen LogP contribution in [0, 0.1) is 0 Å². The molecule has 3 aromatic heterocycles. The summed E-state index contributed by atoms with van der Waals surface area (Å²) >= 11 is 19.6. The first kappa shape index (κ1) is 37.6. The van der Waals surface area contributed by atoms with Crippen LogP contribution in [0.15, 0.2) is 91.4 Å². The lowest BCUT2D eigenvalue weighted by atomic mass is 9.99. The monoisotopic (exact) mass is 781 g/mol. The molecule has 1 unspecified atom stereocenters. The summed E-state index contributed by atoms with van der Waals surface area (Å²) < 4.78 is 2.06. The highest BCUT2D eigenvalue weighted by molar-refractivity contribution is 6.35. The predicted octanol–water partition coefficient (Wildman–Crippen LogP) is 10.2. The zero-order valence-corrected chi connectivity index (χ0v) is 32.5. The number of benzene rings is 3. The Balaban J connectivity index is 1.25. The number of anilines is 2. The molecule has 3 aromatic carbocycles. The van der Waals surface area contributed by atoms with Crippen LogP contribution in [0.5, 0.6) is 0 Å². The number of halogens is 3. The minimum absolute atomic E-state index is 0.272. The number of amides is 1. The second kappa shape index (κ2) is 16.8. The Labute approximate surface area is 330 Å². The summed E-state index contributed by atoms with van der Waals surface area (Å²) in [7, 11) is 2.17. The highest BCUT2D eigenvalue weighted by Gasteiger charge is 2.30. The van der Waals surface area contributed by atoms with Crippen LogP contribution < -0.4 is 10.2 Å². The molecule has 12 heteroatoms. The van der Waals surface area contributed by atoms with Gasteiger partial charge in [0.25, 0.3) is 5.91 Å². The zero-order valence-electron chi connectivity index (χ0n) is 30.2. The van der Waals surface area contributed by atoms with Gasteiger partial charge < -0.3 is 29.5 Å². The van der Waals surface area contributed by atoms with E-state index >= 15 is 0 Å². The van der Waals surface area contributed by atoms with E-state index in [9.17, 15) is 9.59 Å². The number of hydrogen-bond acceptors (Lipinski definition) is 6. The van der Waals surface area contributed by atoms with Crippen LogP contribution in [0.2, 0.25) is 15.1 Å². The van der Waals surface area contributed by atoms with Crippen LogP contribution in [0.1, 0.15) is 61.1 Å². The number of unbranched alkanes of at least 4 members (excludes halogenated alkanes) is 2. The zero-order chi connectivity index (χ0) is 37.8. The molecule has 7 rings (SSSR count). The van der Waals surface area contributed by atoms with E-state index in [0.717, 1.165) is 90.8 Å². The lowest BCUT2D eigenvalue weighted by molar-refractivity contribution is -0.107. The van der Waals surface area contributed by atoms with Gasteiger partial charge in [0.15, 0.2) is 5.82 Å². The molecule has 1 aliphatic heterocycles. The average Bonchev–Trinajstić information content (AvgIpc) is 3.78. The van der Waals surface area contributed by atoms with Crippen LogP contribution in [0.4, 0.5) is 11.5 Å². The smallest absolute Gasteiger partial charge is 0.272 e. The Hall–Kier alpha value is -4.67. The van der Waals surface area contributed by atoms with Crippen molar-refractivity contribution in [1.82, 2.24) is 24.4 Å². The molecule has 6 aromatic rings. The lowest BCUT2D eigenvalue weighted by Gasteiger charge is -2.37. The minimum atomic E-state index is -0.319. The minimum Gasteiger partial charge on any atom is -0.355 e. The van der Waals surface area contributed by atoms with E-state index in [4.69, 9.17) is 44.8 Å². The van der Waals surface area contributed by atoms with Crippen molar-refractivity contribution in [2.75, 3.05) is 36.9 Å². The highest BCUT2D eigenvalue weighted by atomic mass is 35.5. The number of pyridine rings is 1. The van der Waals surface area contributed by atoms with Crippen LogP contribution in [-0.2, 0) is 4.79 Å². The average molecular weight is 783 g/mol. The molecule has 1 fully saturated rings. The number of nitrogens with zero attached hydrogens (tertiary/aromatic N) is 5. The van der Waals surface area contributed by atoms with Crippen molar-refractivity contribution in [1.29, 1.82) is 0 Å². The third-order valence-electron chi connectivity index (χ3n) is 10.4. The molecule has 4 heterocycles. The van der Waals surface area contributed by atoms with Gasteiger partial charge in [0.1, 0.15) is 12.0 Å². The molecular formula is C42H42Cl3N7O2. The summed E-state index contributed by atoms with van der Waals surface area (Å²) in [5.74, 6) is 0.417. The normalized spacial score (nSPS) is 14.1. The Morgan fingerprint density at radius 1 is 0.981 bits per heavy atom. The second-order valence-electron chi connectivity index (χ2n) is 13.8. The van der Waals surface area contributed by atoms with Crippen molar-refractivity contribution in [2.24, 2.45) is 0 Å². The van der Waals surface area contributed by atoms with E-state index in [2.05, 4.69) is 38.6 Å². The Kier molecular flexibility index (Phi) is 11.7. The topological polar surface area (TPSA) is 99.2 Å². The number of aromatic amines is 1. The fourth-order valence-electron chi connectivity index (χ4n) is 7.51. The molecular weight excluding hydrogens is 741 g/mol. The molecule has 2 N–H and O–H groups in total. The fraction of sp³-hybridized carbons (Fsp3) is 0.286. The van der Waals surface area contributed by atoms with E-state index in [1.165, 1.54) is 0 Å². The number of rotatable bonds is 13. The number of carbonyl (C=O) groups excluding carboxylic acids is 2. The number of fused-ring (bicyclic) bond motifs is 1. The predicted molar refractivity (Wildman–Crippen MR) is 220 cm³/mol. The number of aldehydes is 1. The number of carbonyl (C=O) groups is 2. The van der Waals surface area contributed by atoms with Gasteiger partial charge in [-0.1, -0.05) is 77.3 Å². The summed E-state index contributed by atoms with van der Waals surface area (Å²) in [6.45, 7) is 4.64. The van der Waals surface area contributed by atoms with Gasteiger partial charge in [-0.2, -0.15) is 0 Å². The SMILES string of the molecule is CC(c1ccc(Cl)cc1Cl)n1cnc(-c2ccccc2)c1-c1c(C(=O)Nc2cccnc2N2CCC(N(C)CCCCC=O)CC2)[nH]c2cc(Cl)ccc12. The third-order valence-corrected chi connectivity index (χ3v) is 11.2. The van der Waals surface area contributed by atoms with E-state index in [0.29, 0.717) is 44.5 Å². The molecule has 0 radical (unpaired) electrons.